The van der Waals surface area contributed by atoms with Crippen LogP contribution < -0.4 is 19.9 Å². The lowest BCUT2D eigenvalue weighted by Crippen LogP contribution is -2.14. The summed E-state index contributed by atoms with van der Waals surface area (Å²) in [5.41, 5.74) is 7.15. The van der Waals surface area contributed by atoms with Gasteiger partial charge in [0.25, 0.3) is 0 Å². The van der Waals surface area contributed by atoms with E-state index >= 15 is 0 Å². The molecule has 0 amide bonds. The number of rotatable bonds is 8. The van der Waals surface area contributed by atoms with Crippen molar-refractivity contribution in [3.8, 4) is 17.2 Å². The van der Waals surface area contributed by atoms with Crippen LogP contribution in [0.3, 0.4) is 0 Å². The molecule has 0 bridgehead atoms. The summed E-state index contributed by atoms with van der Waals surface area (Å²) >= 11 is 0. The molecule has 0 unspecified atom stereocenters. The summed E-state index contributed by atoms with van der Waals surface area (Å²) in [6, 6.07) is 14.6. The van der Waals surface area contributed by atoms with Gasteiger partial charge in [-0.15, -0.1) is 0 Å². The van der Waals surface area contributed by atoms with E-state index in [0.29, 0.717) is 29.8 Å². The first-order chi connectivity index (χ1) is 12.7. The van der Waals surface area contributed by atoms with Gasteiger partial charge in [0, 0.05) is 0 Å². The van der Waals surface area contributed by atoms with Gasteiger partial charge >= 0.3 is 0 Å². The lowest BCUT2D eigenvalue weighted by molar-refractivity contribution is 0.296. The predicted octanol–water partition coefficient (Wildman–Crippen LogP) is 2.84. The maximum atomic E-state index is 6.31. The van der Waals surface area contributed by atoms with Crippen LogP contribution in [0.4, 0.5) is 0 Å². The van der Waals surface area contributed by atoms with Gasteiger partial charge in [0.05, 0.1) is 19.8 Å². The van der Waals surface area contributed by atoms with Crippen LogP contribution in [0.1, 0.15) is 30.2 Å². The van der Waals surface area contributed by atoms with E-state index in [9.17, 15) is 0 Å². The number of H-pyrrole nitrogens is 1. The van der Waals surface area contributed by atoms with Gasteiger partial charge in [-0.1, -0.05) is 24.3 Å². The first-order valence-corrected chi connectivity index (χ1v) is 8.36. The van der Waals surface area contributed by atoms with E-state index in [4.69, 9.17) is 19.9 Å². The molecule has 0 spiro atoms. The van der Waals surface area contributed by atoms with Crippen molar-refractivity contribution in [2.75, 3.05) is 13.7 Å². The Morgan fingerprint density at radius 2 is 1.88 bits per heavy atom. The van der Waals surface area contributed by atoms with E-state index in [1.54, 1.807) is 7.11 Å². The van der Waals surface area contributed by atoms with Crippen LogP contribution in [-0.4, -0.2) is 28.9 Å². The molecule has 0 fully saturated rings. The van der Waals surface area contributed by atoms with E-state index in [0.717, 1.165) is 11.3 Å². The third-order valence-electron chi connectivity index (χ3n) is 3.79. The molecule has 26 heavy (non-hydrogen) atoms. The van der Waals surface area contributed by atoms with E-state index < -0.39 is 6.04 Å². The van der Waals surface area contributed by atoms with Crippen molar-refractivity contribution in [2.45, 2.75) is 19.6 Å². The Morgan fingerprint density at radius 1 is 1.08 bits per heavy atom. The number of hydrogen-bond donors (Lipinski definition) is 2. The lowest BCUT2D eigenvalue weighted by Gasteiger charge is -2.13. The number of aromatic amines is 1. The van der Waals surface area contributed by atoms with Crippen LogP contribution in [0, 0.1) is 0 Å². The number of hydrogen-bond acceptors (Lipinski definition) is 6. The zero-order valence-electron chi connectivity index (χ0n) is 14.8. The van der Waals surface area contributed by atoms with Gasteiger partial charge in [-0.05, 0) is 36.8 Å². The molecule has 7 nitrogen and oxygen atoms in total. The number of methoxy groups -OCH3 is 1. The second kappa shape index (κ2) is 8.35. The van der Waals surface area contributed by atoms with Crippen LogP contribution in [-0.2, 0) is 6.61 Å². The second-order valence-electron chi connectivity index (χ2n) is 5.56. The Bertz CT molecular complexity index is 836. The van der Waals surface area contributed by atoms with E-state index in [-0.39, 0.29) is 6.61 Å². The van der Waals surface area contributed by atoms with E-state index in [1.165, 1.54) is 0 Å². The SMILES string of the molecule is CCOc1cc([C@H](N)c2n[nH]c(COc3ccccc3)n2)ccc1OC. The summed E-state index contributed by atoms with van der Waals surface area (Å²) in [6.45, 7) is 2.74. The number of aromatic nitrogens is 3. The number of ether oxygens (including phenoxy) is 3. The quantitative estimate of drug-likeness (QED) is 0.646. The first kappa shape index (κ1) is 17.8. The summed E-state index contributed by atoms with van der Waals surface area (Å²) in [5.74, 6) is 3.18. The summed E-state index contributed by atoms with van der Waals surface area (Å²) in [6.07, 6.45) is 0. The van der Waals surface area contributed by atoms with Gasteiger partial charge in [0.1, 0.15) is 12.4 Å². The Labute approximate surface area is 152 Å². The van der Waals surface area contributed by atoms with E-state index in [1.807, 2.05) is 55.5 Å². The van der Waals surface area contributed by atoms with Gasteiger partial charge in [0.15, 0.2) is 23.1 Å². The van der Waals surface area contributed by atoms with Crippen molar-refractivity contribution in [3.63, 3.8) is 0 Å². The average molecular weight is 354 g/mol. The normalized spacial score (nSPS) is 11.8. The number of benzene rings is 2. The highest BCUT2D eigenvalue weighted by Crippen LogP contribution is 2.31. The molecule has 3 N–H and O–H groups in total. The molecular weight excluding hydrogens is 332 g/mol. The molecule has 0 saturated heterocycles. The molecule has 1 heterocycles. The van der Waals surface area contributed by atoms with Gasteiger partial charge in [-0.3, -0.25) is 5.10 Å². The number of nitrogens with zero attached hydrogens (tertiary/aromatic N) is 2. The van der Waals surface area contributed by atoms with Crippen molar-refractivity contribution < 1.29 is 14.2 Å². The third kappa shape index (κ3) is 4.12. The van der Waals surface area contributed by atoms with Crippen molar-refractivity contribution in [1.29, 1.82) is 0 Å². The molecule has 3 aromatic rings. The molecule has 3 rings (SSSR count). The average Bonchev–Trinajstić information content (AvgIpc) is 3.16. The lowest BCUT2D eigenvalue weighted by atomic mass is 10.1. The second-order valence-corrected chi connectivity index (χ2v) is 5.56. The van der Waals surface area contributed by atoms with Crippen LogP contribution in [0.15, 0.2) is 48.5 Å². The van der Waals surface area contributed by atoms with Crippen LogP contribution in [0.25, 0.3) is 0 Å². The highest BCUT2D eigenvalue weighted by atomic mass is 16.5. The van der Waals surface area contributed by atoms with Gasteiger partial charge < -0.3 is 19.9 Å². The maximum absolute atomic E-state index is 6.31. The molecule has 0 aliphatic carbocycles. The van der Waals surface area contributed by atoms with Crippen LogP contribution in [0.2, 0.25) is 0 Å². The third-order valence-corrected chi connectivity index (χ3v) is 3.79. The fourth-order valence-electron chi connectivity index (χ4n) is 2.49. The molecule has 0 aliphatic heterocycles. The fraction of sp³-hybridized carbons (Fsp3) is 0.263. The Hall–Kier alpha value is -3.06. The first-order valence-electron chi connectivity index (χ1n) is 8.36. The minimum atomic E-state index is -0.484. The van der Waals surface area contributed by atoms with Crippen molar-refractivity contribution in [3.05, 3.63) is 65.7 Å². The van der Waals surface area contributed by atoms with Gasteiger partial charge in [-0.2, -0.15) is 5.10 Å². The standard InChI is InChI=1S/C19H22N4O3/c1-3-25-16-11-13(9-10-15(16)24-2)18(20)19-21-17(22-23-19)12-26-14-7-5-4-6-8-14/h4-11,18H,3,12,20H2,1-2H3,(H,21,22,23)/t18-/m0/s1. The maximum Gasteiger partial charge on any atom is 0.172 e. The molecule has 0 radical (unpaired) electrons. The van der Waals surface area contributed by atoms with Crippen molar-refractivity contribution in [1.82, 2.24) is 15.2 Å². The number of nitrogens with one attached hydrogen (secondary N) is 1. The molecular formula is C19H22N4O3. The van der Waals surface area contributed by atoms with Crippen molar-refractivity contribution >= 4 is 0 Å². The Kier molecular flexibility index (Phi) is 5.70. The Morgan fingerprint density at radius 3 is 2.62 bits per heavy atom. The summed E-state index contributed by atoms with van der Waals surface area (Å²) in [4.78, 5) is 4.43. The highest BCUT2D eigenvalue weighted by molar-refractivity contribution is 5.44. The molecule has 7 heteroatoms. The summed E-state index contributed by atoms with van der Waals surface area (Å²) in [5, 5.41) is 7.08. The molecule has 1 atom stereocenters. The zero-order valence-corrected chi connectivity index (χ0v) is 14.8. The summed E-state index contributed by atoms with van der Waals surface area (Å²) in [7, 11) is 1.60. The monoisotopic (exact) mass is 354 g/mol. The summed E-state index contributed by atoms with van der Waals surface area (Å²) < 4.78 is 16.6. The van der Waals surface area contributed by atoms with Crippen LogP contribution >= 0.6 is 0 Å². The Balaban J connectivity index is 1.71. The minimum absolute atomic E-state index is 0.288. The molecule has 1 aromatic heterocycles. The topological polar surface area (TPSA) is 95.3 Å². The number of nitrogens with two attached hydrogens (primary N) is 1. The number of para-hydroxylation sites is 1. The molecule has 0 aliphatic rings. The van der Waals surface area contributed by atoms with Gasteiger partial charge in [0.2, 0.25) is 0 Å². The van der Waals surface area contributed by atoms with Crippen molar-refractivity contribution in [2.24, 2.45) is 5.73 Å². The van der Waals surface area contributed by atoms with Gasteiger partial charge in [-0.25, -0.2) is 4.98 Å². The van der Waals surface area contributed by atoms with Crippen LogP contribution in [0.5, 0.6) is 17.2 Å². The molecule has 2 aromatic carbocycles. The zero-order chi connectivity index (χ0) is 18.4. The van der Waals surface area contributed by atoms with E-state index in [2.05, 4.69) is 15.2 Å². The largest absolute Gasteiger partial charge is 0.493 e. The molecule has 0 saturated carbocycles. The molecule has 136 valence electrons. The highest BCUT2D eigenvalue weighted by Gasteiger charge is 2.17. The predicted molar refractivity (Wildman–Crippen MR) is 97.4 cm³/mol. The smallest absolute Gasteiger partial charge is 0.172 e. The minimum Gasteiger partial charge on any atom is -0.493 e. The fourth-order valence-corrected chi connectivity index (χ4v) is 2.49.